The summed E-state index contributed by atoms with van der Waals surface area (Å²) < 4.78 is 36.9. The maximum Gasteiger partial charge on any atom is 0.310 e. The van der Waals surface area contributed by atoms with Crippen LogP contribution in [0.25, 0.3) is 0 Å². The second kappa shape index (κ2) is 6.87. The topological polar surface area (TPSA) is 72.9 Å². The third kappa shape index (κ3) is 3.51. The smallest absolute Gasteiger partial charge is 0.310 e. The van der Waals surface area contributed by atoms with Gasteiger partial charge in [-0.2, -0.15) is 0 Å². The van der Waals surface area contributed by atoms with Gasteiger partial charge >= 0.3 is 5.97 Å². The van der Waals surface area contributed by atoms with E-state index in [4.69, 9.17) is 9.47 Å². The van der Waals surface area contributed by atoms with Crippen LogP contribution in [0, 0.1) is 5.92 Å². The first kappa shape index (κ1) is 15.7. The molecule has 0 saturated carbocycles. The predicted molar refractivity (Wildman–Crippen MR) is 73.7 cm³/mol. The maximum atomic E-state index is 12.6. The van der Waals surface area contributed by atoms with E-state index in [2.05, 4.69) is 0 Å². The summed E-state index contributed by atoms with van der Waals surface area (Å²) in [5, 5.41) is -0.364. The Hall–Kier alpha value is -0.660. The average Bonchev–Trinajstić information content (AvgIpc) is 2.48. The number of ether oxygens (including phenoxy) is 2. The lowest BCUT2D eigenvalue weighted by atomic mass is 10.0. The van der Waals surface area contributed by atoms with E-state index in [1.165, 1.54) is 4.31 Å². The summed E-state index contributed by atoms with van der Waals surface area (Å²) in [7, 11) is -3.32. The lowest BCUT2D eigenvalue weighted by Gasteiger charge is -2.34. The summed E-state index contributed by atoms with van der Waals surface area (Å²) in [4.78, 5) is 11.8. The predicted octanol–water partition coefficient (Wildman–Crippen LogP) is 0.770. The minimum atomic E-state index is -3.32. The second-order valence-corrected chi connectivity index (χ2v) is 7.52. The fourth-order valence-corrected chi connectivity index (χ4v) is 4.79. The van der Waals surface area contributed by atoms with Crippen molar-refractivity contribution in [3.05, 3.63) is 0 Å². The number of hydrogen-bond acceptors (Lipinski definition) is 5. The average molecular weight is 305 g/mol. The first-order valence-corrected chi connectivity index (χ1v) is 8.79. The Balaban J connectivity index is 2.01. The molecule has 0 radical (unpaired) electrons. The van der Waals surface area contributed by atoms with Crippen molar-refractivity contribution in [1.29, 1.82) is 0 Å². The van der Waals surface area contributed by atoms with Crippen LogP contribution in [0.3, 0.4) is 0 Å². The third-order valence-electron chi connectivity index (χ3n) is 3.95. The van der Waals surface area contributed by atoms with Gasteiger partial charge in [-0.3, -0.25) is 4.79 Å². The van der Waals surface area contributed by atoms with Crippen LogP contribution in [0.5, 0.6) is 0 Å². The van der Waals surface area contributed by atoms with E-state index in [1.54, 1.807) is 6.92 Å². The molecule has 1 atom stereocenters. The van der Waals surface area contributed by atoms with Gasteiger partial charge in [0, 0.05) is 26.3 Å². The van der Waals surface area contributed by atoms with E-state index in [1.807, 2.05) is 0 Å². The zero-order valence-corrected chi connectivity index (χ0v) is 12.7. The van der Waals surface area contributed by atoms with Gasteiger partial charge in [0.1, 0.15) is 0 Å². The number of hydrogen-bond donors (Lipinski definition) is 0. The molecule has 0 amide bonds. The van der Waals surface area contributed by atoms with Gasteiger partial charge in [-0.05, 0) is 32.6 Å². The number of nitrogens with zero attached hydrogens (tertiary/aromatic N) is 1. The summed E-state index contributed by atoms with van der Waals surface area (Å²) in [6.07, 6.45) is 2.51. The lowest BCUT2D eigenvalue weighted by Crippen LogP contribution is -2.47. The van der Waals surface area contributed by atoms with Gasteiger partial charge in [0.2, 0.25) is 10.0 Å². The SMILES string of the molecule is CCOC(=O)[C@@H]1CCCN(S(=O)(=O)C2CCOCC2)C1. The van der Waals surface area contributed by atoms with Crippen molar-refractivity contribution in [3.8, 4) is 0 Å². The van der Waals surface area contributed by atoms with Crippen molar-refractivity contribution < 1.29 is 22.7 Å². The van der Waals surface area contributed by atoms with E-state index in [9.17, 15) is 13.2 Å². The molecule has 0 spiro atoms. The summed E-state index contributed by atoms with van der Waals surface area (Å²) >= 11 is 0. The van der Waals surface area contributed by atoms with Crippen LogP contribution in [0.4, 0.5) is 0 Å². The van der Waals surface area contributed by atoms with Crippen molar-refractivity contribution in [2.75, 3.05) is 32.9 Å². The molecule has 7 heteroatoms. The van der Waals surface area contributed by atoms with Gasteiger partial charge in [-0.1, -0.05) is 0 Å². The molecule has 0 aromatic rings. The molecule has 2 fully saturated rings. The second-order valence-electron chi connectivity index (χ2n) is 5.31. The molecule has 2 rings (SSSR count). The number of sulfonamides is 1. The largest absolute Gasteiger partial charge is 0.466 e. The zero-order chi connectivity index (χ0) is 14.6. The van der Waals surface area contributed by atoms with Gasteiger partial charge in [-0.15, -0.1) is 0 Å². The van der Waals surface area contributed by atoms with E-state index in [0.717, 1.165) is 0 Å². The van der Waals surface area contributed by atoms with Crippen LogP contribution in [0.2, 0.25) is 0 Å². The Morgan fingerprint density at radius 2 is 2.00 bits per heavy atom. The summed E-state index contributed by atoms with van der Waals surface area (Å²) in [5.74, 6) is -0.599. The lowest BCUT2D eigenvalue weighted by molar-refractivity contribution is -0.149. The maximum absolute atomic E-state index is 12.6. The Morgan fingerprint density at radius 3 is 2.65 bits per heavy atom. The fourth-order valence-electron chi connectivity index (χ4n) is 2.81. The molecule has 2 aliphatic heterocycles. The molecule has 0 aliphatic carbocycles. The number of esters is 1. The van der Waals surface area contributed by atoms with Crippen molar-refractivity contribution in [2.45, 2.75) is 37.9 Å². The molecule has 0 bridgehead atoms. The molecule has 0 unspecified atom stereocenters. The van der Waals surface area contributed by atoms with E-state index in [-0.39, 0.29) is 23.7 Å². The molecule has 0 aromatic heterocycles. The van der Waals surface area contributed by atoms with Crippen LogP contribution < -0.4 is 0 Å². The molecule has 2 aliphatic rings. The molecular formula is C13H23NO5S. The Morgan fingerprint density at radius 1 is 1.30 bits per heavy atom. The monoisotopic (exact) mass is 305 g/mol. The normalized spacial score (nSPS) is 26.4. The van der Waals surface area contributed by atoms with Crippen LogP contribution in [-0.4, -0.2) is 56.9 Å². The highest BCUT2D eigenvalue weighted by Gasteiger charge is 2.38. The Labute approximate surface area is 120 Å². The van der Waals surface area contributed by atoms with Gasteiger partial charge < -0.3 is 9.47 Å². The first-order valence-electron chi connectivity index (χ1n) is 7.29. The molecule has 0 N–H and O–H groups in total. The zero-order valence-electron chi connectivity index (χ0n) is 11.9. The first-order chi connectivity index (χ1) is 9.55. The van der Waals surface area contributed by atoms with Crippen molar-refractivity contribution in [2.24, 2.45) is 5.92 Å². The third-order valence-corrected chi connectivity index (χ3v) is 6.32. The van der Waals surface area contributed by atoms with E-state index >= 15 is 0 Å². The molecule has 116 valence electrons. The van der Waals surface area contributed by atoms with Crippen molar-refractivity contribution in [1.82, 2.24) is 4.31 Å². The number of carbonyl (C=O) groups is 1. The Bertz CT molecular complexity index is 430. The minimum Gasteiger partial charge on any atom is -0.466 e. The fraction of sp³-hybridized carbons (Fsp3) is 0.923. The molecule has 0 aromatic carbocycles. The molecular weight excluding hydrogens is 282 g/mol. The molecule has 20 heavy (non-hydrogen) atoms. The van der Waals surface area contributed by atoms with Crippen LogP contribution >= 0.6 is 0 Å². The van der Waals surface area contributed by atoms with Crippen LogP contribution in [0.1, 0.15) is 32.6 Å². The summed E-state index contributed by atoms with van der Waals surface area (Å²) in [5.41, 5.74) is 0. The van der Waals surface area contributed by atoms with Crippen molar-refractivity contribution in [3.63, 3.8) is 0 Å². The Kier molecular flexibility index (Phi) is 5.40. The number of rotatable bonds is 4. The van der Waals surface area contributed by atoms with Gasteiger partial charge in [0.05, 0.1) is 17.8 Å². The van der Waals surface area contributed by atoms with Crippen LogP contribution in [0.15, 0.2) is 0 Å². The molecule has 2 saturated heterocycles. The van der Waals surface area contributed by atoms with Crippen LogP contribution in [-0.2, 0) is 24.3 Å². The van der Waals surface area contributed by atoms with Gasteiger partial charge in [0.15, 0.2) is 0 Å². The van der Waals surface area contributed by atoms with E-state index < -0.39 is 10.0 Å². The highest BCUT2D eigenvalue weighted by Crippen LogP contribution is 2.26. The summed E-state index contributed by atoms with van der Waals surface area (Å²) in [6.45, 7) is 3.87. The highest BCUT2D eigenvalue weighted by atomic mass is 32.2. The molecule has 2 heterocycles. The molecule has 6 nitrogen and oxygen atoms in total. The van der Waals surface area contributed by atoms with Crippen molar-refractivity contribution >= 4 is 16.0 Å². The summed E-state index contributed by atoms with van der Waals surface area (Å²) in [6, 6.07) is 0. The number of carbonyl (C=O) groups excluding carboxylic acids is 1. The highest BCUT2D eigenvalue weighted by molar-refractivity contribution is 7.89. The van der Waals surface area contributed by atoms with E-state index in [0.29, 0.717) is 52.0 Å². The quantitative estimate of drug-likeness (QED) is 0.717. The number of piperidine rings is 1. The minimum absolute atomic E-state index is 0.262. The van der Waals surface area contributed by atoms with Gasteiger partial charge in [-0.25, -0.2) is 12.7 Å². The standard InChI is InChI=1S/C13H23NO5S/c1-2-19-13(15)11-4-3-7-14(10-11)20(16,17)12-5-8-18-9-6-12/h11-12H,2-10H2,1H3/t11-/m1/s1. The van der Waals surface area contributed by atoms with Gasteiger partial charge in [0.25, 0.3) is 0 Å².